The van der Waals surface area contributed by atoms with Crippen LogP contribution in [0.1, 0.15) is 37.2 Å². The lowest BCUT2D eigenvalue weighted by molar-refractivity contribution is 0.0905. The zero-order valence-corrected chi connectivity index (χ0v) is 12.3. The predicted molar refractivity (Wildman–Crippen MR) is 76.7 cm³/mol. The average Bonchev–Trinajstić information content (AvgIpc) is 2.81. The van der Waals surface area contributed by atoms with Gasteiger partial charge >= 0.3 is 0 Å². The van der Waals surface area contributed by atoms with Crippen molar-refractivity contribution in [2.75, 3.05) is 13.7 Å². The first kappa shape index (κ1) is 14.5. The van der Waals surface area contributed by atoms with E-state index in [-0.39, 0.29) is 18.0 Å². The molecule has 0 radical (unpaired) electrons. The predicted octanol–water partition coefficient (Wildman–Crippen LogP) is 1.78. The molecule has 0 aliphatic rings. The van der Waals surface area contributed by atoms with E-state index in [2.05, 4.69) is 15.4 Å². The third kappa shape index (κ3) is 2.96. The van der Waals surface area contributed by atoms with Crippen molar-refractivity contribution in [2.24, 2.45) is 0 Å². The lowest BCUT2D eigenvalue weighted by atomic mass is 10.2. The maximum Gasteiger partial charge on any atom is 0.253 e. The Morgan fingerprint density at radius 1 is 1.40 bits per heavy atom. The zero-order valence-electron chi connectivity index (χ0n) is 12.3. The van der Waals surface area contributed by atoms with Gasteiger partial charge in [-0.2, -0.15) is 5.10 Å². The number of ether oxygens (including phenoxy) is 1. The number of fused-ring (bicyclic) bond motifs is 1. The summed E-state index contributed by atoms with van der Waals surface area (Å²) in [4.78, 5) is 16.4. The Morgan fingerprint density at radius 2 is 2.15 bits per heavy atom. The number of carbonyl (C=O) groups excluding carboxylic acids is 1. The van der Waals surface area contributed by atoms with Gasteiger partial charge < -0.3 is 10.1 Å². The fourth-order valence-corrected chi connectivity index (χ4v) is 2.04. The summed E-state index contributed by atoms with van der Waals surface area (Å²) in [5, 5.41) is 8.01. The third-order valence-electron chi connectivity index (χ3n) is 2.98. The molecule has 6 nitrogen and oxygen atoms in total. The summed E-state index contributed by atoms with van der Waals surface area (Å²) in [5.41, 5.74) is 1.32. The Labute approximate surface area is 118 Å². The Kier molecular flexibility index (Phi) is 4.34. The van der Waals surface area contributed by atoms with E-state index in [0.29, 0.717) is 12.2 Å². The molecule has 0 unspecified atom stereocenters. The quantitative estimate of drug-likeness (QED) is 0.903. The number of amides is 1. The van der Waals surface area contributed by atoms with Gasteiger partial charge in [0.05, 0.1) is 18.4 Å². The van der Waals surface area contributed by atoms with Crippen LogP contribution in [0.15, 0.2) is 18.5 Å². The molecule has 0 aliphatic heterocycles. The molecule has 0 saturated heterocycles. The van der Waals surface area contributed by atoms with Gasteiger partial charge in [-0.15, -0.1) is 0 Å². The van der Waals surface area contributed by atoms with Crippen molar-refractivity contribution in [3.63, 3.8) is 0 Å². The van der Waals surface area contributed by atoms with Crippen molar-refractivity contribution in [3.8, 4) is 0 Å². The molecular formula is C14H20N4O2. The number of aromatic nitrogens is 3. The molecule has 1 amide bonds. The van der Waals surface area contributed by atoms with Gasteiger partial charge in [-0.25, -0.2) is 9.67 Å². The molecule has 0 bridgehead atoms. The second kappa shape index (κ2) is 6.00. The van der Waals surface area contributed by atoms with Gasteiger partial charge in [0, 0.05) is 30.8 Å². The fourth-order valence-electron chi connectivity index (χ4n) is 2.04. The molecule has 2 aromatic heterocycles. The highest BCUT2D eigenvalue weighted by Gasteiger charge is 2.13. The first-order valence-corrected chi connectivity index (χ1v) is 6.66. The van der Waals surface area contributed by atoms with Gasteiger partial charge in [0.1, 0.15) is 0 Å². The third-order valence-corrected chi connectivity index (χ3v) is 2.98. The topological polar surface area (TPSA) is 69.0 Å². The van der Waals surface area contributed by atoms with Gasteiger partial charge in [-0.05, 0) is 26.8 Å². The number of hydrogen-bond acceptors (Lipinski definition) is 4. The summed E-state index contributed by atoms with van der Waals surface area (Å²) in [7, 11) is 1.61. The van der Waals surface area contributed by atoms with Crippen LogP contribution >= 0.6 is 0 Å². The van der Waals surface area contributed by atoms with Gasteiger partial charge in [-0.3, -0.25) is 4.79 Å². The first-order valence-electron chi connectivity index (χ1n) is 6.66. The lowest BCUT2D eigenvalue weighted by Crippen LogP contribution is -2.35. The summed E-state index contributed by atoms with van der Waals surface area (Å²) >= 11 is 0. The first-order chi connectivity index (χ1) is 9.52. The highest BCUT2D eigenvalue weighted by molar-refractivity contribution is 5.96. The number of rotatable bonds is 5. The van der Waals surface area contributed by atoms with Crippen molar-refractivity contribution in [1.82, 2.24) is 20.1 Å². The summed E-state index contributed by atoms with van der Waals surface area (Å²) in [6.07, 6.45) is 3.31. The van der Waals surface area contributed by atoms with Crippen LogP contribution in [-0.4, -0.2) is 40.4 Å². The van der Waals surface area contributed by atoms with E-state index >= 15 is 0 Å². The second-order valence-corrected chi connectivity index (χ2v) is 5.15. The Hall–Kier alpha value is -1.95. The summed E-state index contributed by atoms with van der Waals surface area (Å²) < 4.78 is 6.83. The minimum atomic E-state index is -0.152. The molecule has 1 N–H and O–H groups in total. The van der Waals surface area contributed by atoms with E-state index in [1.54, 1.807) is 19.5 Å². The molecule has 0 aromatic carbocycles. The van der Waals surface area contributed by atoms with Gasteiger partial charge in [-0.1, -0.05) is 0 Å². The van der Waals surface area contributed by atoms with E-state index in [1.165, 1.54) is 0 Å². The zero-order chi connectivity index (χ0) is 14.7. The molecule has 0 aliphatic carbocycles. The molecule has 0 saturated carbocycles. The standard InChI is InChI=1S/C14H20N4O2/c1-9(2)18-13-11(7-16-18)5-12(6-15-13)14(19)17-10(3)8-20-4/h5-7,9-10H,8H2,1-4H3,(H,17,19)/t10-/m1/s1. The summed E-state index contributed by atoms with van der Waals surface area (Å²) in [5.74, 6) is -0.152. The van der Waals surface area contributed by atoms with E-state index in [4.69, 9.17) is 4.74 Å². The Bertz CT molecular complexity index is 606. The maximum absolute atomic E-state index is 12.1. The van der Waals surface area contributed by atoms with Crippen molar-refractivity contribution in [3.05, 3.63) is 24.0 Å². The van der Waals surface area contributed by atoms with E-state index in [0.717, 1.165) is 11.0 Å². The average molecular weight is 276 g/mol. The number of hydrogen-bond donors (Lipinski definition) is 1. The van der Waals surface area contributed by atoms with Crippen molar-refractivity contribution < 1.29 is 9.53 Å². The summed E-state index contributed by atoms with van der Waals surface area (Å²) in [6.45, 7) is 6.46. The van der Waals surface area contributed by atoms with Gasteiger partial charge in [0.15, 0.2) is 5.65 Å². The van der Waals surface area contributed by atoms with Crippen molar-refractivity contribution in [1.29, 1.82) is 0 Å². The molecular weight excluding hydrogens is 256 g/mol. The number of nitrogens with zero attached hydrogens (tertiary/aromatic N) is 3. The number of carbonyl (C=O) groups is 1. The molecule has 2 heterocycles. The van der Waals surface area contributed by atoms with E-state index in [1.807, 2.05) is 31.5 Å². The molecule has 2 aromatic rings. The fraction of sp³-hybridized carbons (Fsp3) is 0.500. The minimum absolute atomic E-state index is 0.0402. The van der Waals surface area contributed by atoms with Crippen LogP contribution in [0.2, 0.25) is 0 Å². The van der Waals surface area contributed by atoms with Crippen LogP contribution in [-0.2, 0) is 4.74 Å². The van der Waals surface area contributed by atoms with Gasteiger partial charge in [0.2, 0.25) is 0 Å². The molecule has 1 atom stereocenters. The Morgan fingerprint density at radius 3 is 2.80 bits per heavy atom. The minimum Gasteiger partial charge on any atom is -0.383 e. The van der Waals surface area contributed by atoms with Crippen LogP contribution < -0.4 is 5.32 Å². The van der Waals surface area contributed by atoms with Crippen LogP contribution in [0.4, 0.5) is 0 Å². The number of nitrogens with one attached hydrogen (secondary N) is 1. The normalized spacial score (nSPS) is 12.8. The van der Waals surface area contributed by atoms with Crippen LogP contribution in [0, 0.1) is 0 Å². The smallest absolute Gasteiger partial charge is 0.253 e. The van der Waals surface area contributed by atoms with Gasteiger partial charge in [0.25, 0.3) is 5.91 Å². The highest BCUT2D eigenvalue weighted by Crippen LogP contribution is 2.16. The molecule has 6 heteroatoms. The number of methoxy groups -OCH3 is 1. The van der Waals surface area contributed by atoms with Crippen LogP contribution in [0.25, 0.3) is 11.0 Å². The largest absolute Gasteiger partial charge is 0.383 e. The highest BCUT2D eigenvalue weighted by atomic mass is 16.5. The van der Waals surface area contributed by atoms with Crippen molar-refractivity contribution in [2.45, 2.75) is 32.9 Å². The lowest BCUT2D eigenvalue weighted by Gasteiger charge is -2.12. The molecule has 108 valence electrons. The molecule has 2 rings (SSSR count). The monoisotopic (exact) mass is 276 g/mol. The van der Waals surface area contributed by atoms with E-state index in [9.17, 15) is 4.79 Å². The molecule has 20 heavy (non-hydrogen) atoms. The second-order valence-electron chi connectivity index (χ2n) is 5.15. The SMILES string of the molecule is COC[C@@H](C)NC(=O)c1cnc2c(cnn2C(C)C)c1. The van der Waals surface area contributed by atoms with Crippen LogP contribution in [0.5, 0.6) is 0 Å². The Balaban J connectivity index is 2.22. The number of pyridine rings is 1. The van der Waals surface area contributed by atoms with Crippen molar-refractivity contribution >= 4 is 16.9 Å². The molecule has 0 spiro atoms. The molecule has 0 fully saturated rings. The van der Waals surface area contributed by atoms with E-state index < -0.39 is 0 Å². The maximum atomic E-state index is 12.1. The van der Waals surface area contributed by atoms with Crippen LogP contribution in [0.3, 0.4) is 0 Å². The summed E-state index contributed by atoms with van der Waals surface area (Å²) in [6, 6.07) is 2.01.